The first-order chi connectivity index (χ1) is 7.08. The summed E-state index contributed by atoms with van der Waals surface area (Å²) in [5, 5.41) is 0. The van der Waals surface area contributed by atoms with E-state index in [-0.39, 0.29) is 0 Å². The molecule has 0 fully saturated rings. The number of pyridine rings is 1. The maximum absolute atomic E-state index is 4.53. The predicted molar refractivity (Wildman–Crippen MR) is 69.1 cm³/mol. The molecule has 0 unspecified atom stereocenters. The second-order valence-electron chi connectivity index (χ2n) is 4.02. The Morgan fingerprint density at radius 3 is 2.80 bits per heavy atom. The number of halogens is 2. The SMILES string of the molecule is CC(C)Cc1nc(Br)c2cc(Br)ccn12. The van der Waals surface area contributed by atoms with Gasteiger partial charge in [-0.1, -0.05) is 29.8 Å². The average Bonchev–Trinajstić information content (AvgIpc) is 2.42. The predicted octanol–water partition coefficient (Wildman–Crippen LogP) is 4.06. The second-order valence-corrected chi connectivity index (χ2v) is 5.68. The van der Waals surface area contributed by atoms with Crippen molar-refractivity contribution in [3.8, 4) is 0 Å². The molecular weight excluding hydrogens is 320 g/mol. The van der Waals surface area contributed by atoms with Crippen LogP contribution in [-0.2, 0) is 6.42 Å². The van der Waals surface area contributed by atoms with Gasteiger partial charge >= 0.3 is 0 Å². The van der Waals surface area contributed by atoms with Gasteiger partial charge in [0.15, 0.2) is 0 Å². The zero-order valence-corrected chi connectivity index (χ0v) is 11.8. The van der Waals surface area contributed by atoms with Gasteiger partial charge < -0.3 is 4.40 Å². The van der Waals surface area contributed by atoms with Gasteiger partial charge in [-0.25, -0.2) is 4.98 Å². The summed E-state index contributed by atoms with van der Waals surface area (Å²) in [5.41, 5.74) is 1.11. The third-order valence-corrected chi connectivity index (χ3v) is 3.30. The Morgan fingerprint density at radius 1 is 1.40 bits per heavy atom. The van der Waals surface area contributed by atoms with Gasteiger partial charge in [0, 0.05) is 17.1 Å². The van der Waals surface area contributed by atoms with Crippen molar-refractivity contribution in [3.05, 3.63) is 33.2 Å². The first-order valence-corrected chi connectivity index (χ1v) is 6.48. The van der Waals surface area contributed by atoms with E-state index < -0.39 is 0 Å². The molecule has 0 radical (unpaired) electrons. The van der Waals surface area contributed by atoms with Crippen molar-refractivity contribution in [1.29, 1.82) is 0 Å². The Morgan fingerprint density at radius 2 is 2.13 bits per heavy atom. The molecule has 2 heterocycles. The number of hydrogen-bond donors (Lipinski definition) is 0. The molecular formula is C11H12Br2N2. The highest BCUT2D eigenvalue weighted by molar-refractivity contribution is 9.11. The van der Waals surface area contributed by atoms with E-state index in [1.54, 1.807) is 0 Å². The summed E-state index contributed by atoms with van der Waals surface area (Å²) in [6.45, 7) is 4.40. The van der Waals surface area contributed by atoms with Gasteiger partial charge in [-0.2, -0.15) is 0 Å². The molecule has 0 aliphatic heterocycles. The molecule has 0 atom stereocenters. The van der Waals surface area contributed by atoms with E-state index in [4.69, 9.17) is 0 Å². The molecule has 2 aromatic rings. The Bertz CT molecular complexity index is 489. The van der Waals surface area contributed by atoms with Gasteiger partial charge in [-0.3, -0.25) is 0 Å². The first kappa shape index (κ1) is 11.1. The molecule has 0 aliphatic carbocycles. The lowest BCUT2D eigenvalue weighted by Crippen LogP contribution is -1.99. The van der Waals surface area contributed by atoms with Crippen molar-refractivity contribution in [2.24, 2.45) is 5.92 Å². The van der Waals surface area contributed by atoms with Crippen LogP contribution in [0.2, 0.25) is 0 Å². The summed E-state index contributed by atoms with van der Waals surface area (Å²) < 4.78 is 4.13. The maximum atomic E-state index is 4.53. The molecule has 0 bridgehead atoms. The normalized spacial score (nSPS) is 11.5. The topological polar surface area (TPSA) is 17.3 Å². The van der Waals surface area contributed by atoms with E-state index in [9.17, 15) is 0 Å². The van der Waals surface area contributed by atoms with Gasteiger partial charge in [-0.15, -0.1) is 0 Å². The van der Waals surface area contributed by atoms with Crippen molar-refractivity contribution in [2.75, 3.05) is 0 Å². The summed E-state index contributed by atoms with van der Waals surface area (Å²) in [7, 11) is 0. The molecule has 4 heteroatoms. The Hall–Kier alpha value is -0.350. The largest absolute Gasteiger partial charge is 0.302 e. The summed E-state index contributed by atoms with van der Waals surface area (Å²) in [6, 6.07) is 4.10. The van der Waals surface area contributed by atoms with E-state index >= 15 is 0 Å². The van der Waals surface area contributed by atoms with Crippen LogP contribution >= 0.6 is 31.9 Å². The molecule has 0 aromatic carbocycles. The first-order valence-electron chi connectivity index (χ1n) is 4.90. The van der Waals surface area contributed by atoms with Crippen LogP contribution in [-0.4, -0.2) is 9.38 Å². The molecule has 0 spiro atoms. The maximum Gasteiger partial charge on any atom is 0.132 e. The minimum atomic E-state index is 0.617. The number of imidazole rings is 1. The van der Waals surface area contributed by atoms with E-state index in [1.807, 2.05) is 6.07 Å². The Balaban J connectivity index is 2.57. The van der Waals surface area contributed by atoms with Crippen LogP contribution in [0.4, 0.5) is 0 Å². The van der Waals surface area contributed by atoms with Crippen molar-refractivity contribution in [1.82, 2.24) is 9.38 Å². The lowest BCUT2D eigenvalue weighted by atomic mass is 10.1. The quantitative estimate of drug-likeness (QED) is 0.811. The van der Waals surface area contributed by atoms with Gasteiger partial charge in [-0.05, 0) is 34.0 Å². The van der Waals surface area contributed by atoms with Crippen LogP contribution in [0.1, 0.15) is 19.7 Å². The van der Waals surface area contributed by atoms with Gasteiger partial charge in [0.25, 0.3) is 0 Å². The molecule has 0 saturated heterocycles. The average molecular weight is 332 g/mol. The van der Waals surface area contributed by atoms with Crippen LogP contribution in [0.15, 0.2) is 27.4 Å². The van der Waals surface area contributed by atoms with Crippen molar-refractivity contribution < 1.29 is 0 Å². The molecule has 0 saturated carbocycles. The lowest BCUT2D eigenvalue weighted by molar-refractivity contribution is 0.619. The Kier molecular flexibility index (Phi) is 3.16. The number of aromatic nitrogens is 2. The number of nitrogens with zero attached hydrogens (tertiary/aromatic N) is 2. The Labute approximate surface area is 106 Å². The summed E-state index contributed by atoms with van der Waals surface area (Å²) in [5.74, 6) is 1.73. The molecule has 15 heavy (non-hydrogen) atoms. The third kappa shape index (κ3) is 2.26. The number of fused-ring (bicyclic) bond motifs is 1. The summed E-state index contributed by atoms with van der Waals surface area (Å²) >= 11 is 6.95. The fourth-order valence-corrected chi connectivity index (χ4v) is 2.44. The molecule has 0 aliphatic rings. The lowest BCUT2D eigenvalue weighted by Gasteiger charge is -2.03. The highest BCUT2D eigenvalue weighted by Gasteiger charge is 2.10. The highest BCUT2D eigenvalue weighted by Crippen LogP contribution is 2.23. The van der Waals surface area contributed by atoms with Gasteiger partial charge in [0.2, 0.25) is 0 Å². The molecule has 80 valence electrons. The highest BCUT2D eigenvalue weighted by atomic mass is 79.9. The second kappa shape index (κ2) is 4.26. The minimum Gasteiger partial charge on any atom is -0.302 e. The van der Waals surface area contributed by atoms with Crippen LogP contribution in [0.25, 0.3) is 5.52 Å². The van der Waals surface area contributed by atoms with Gasteiger partial charge in [0.05, 0.1) is 5.52 Å². The van der Waals surface area contributed by atoms with E-state index in [0.29, 0.717) is 5.92 Å². The molecule has 0 N–H and O–H groups in total. The standard InChI is InChI=1S/C11H12Br2N2/c1-7(2)5-10-14-11(13)9-6-8(12)3-4-15(9)10/h3-4,6-7H,5H2,1-2H3. The van der Waals surface area contributed by atoms with Crippen LogP contribution in [0.5, 0.6) is 0 Å². The zero-order chi connectivity index (χ0) is 11.0. The van der Waals surface area contributed by atoms with Crippen LogP contribution < -0.4 is 0 Å². The van der Waals surface area contributed by atoms with E-state index in [0.717, 1.165) is 26.8 Å². The minimum absolute atomic E-state index is 0.617. The van der Waals surface area contributed by atoms with Gasteiger partial charge in [0.1, 0.15) is 10.4 Å². The number of rotatable bonds is 2. The summed E-state index contributed by atoms with van der Waals surface area (Å²) in [4.78, 5) is 4.53. The van der Waals surface area contributed by atoms with Crippen molar-refractivity contribution in [3.63, 3.8) is 0 Å². The third-order valence-electron chi connectivity index (χ3n) is 2.22. The van der Waals surface area contributed by atoms with Crippen molar-refractivity contribution >= 4 is 37.4 Å². The monoisotopic (exact) mass is 330 g/mol. The molecule has 2 rings (SSSR count). The van der Waals surface area contributed by atoms with E-state index in [1.165, 1.54) is 0 Å². The molecule has 0 amide bonds. The smallest absolute Gasteiger partial charge is 0.132 e. The van der Waals surface area contributed by atoms with Crippen molar-refractivity contribution in [2.45, 2.75) is 20.3 Å². The van der Waals surface area contributed by atoms with Crippen LogP contribution in [0.3, 0.4) is 0 Å². The molecule has 2 nitrogen and oxygen atoms in total. The number of hydrogen-bond acceptors (Lipinski definition) is 1. The van der Waals surface area contributed by atoms with E-state index in [2.05, 4.69) is 67.4 Å². The summed E-state index contributed by atoms with van der Waals surface area (Å²) in [6.07, 6.45) is 3.04. The molecule has 2 aromatic heterocycles. The fraction of sp³-hybridized carbons (Fsp3) is 0.364. The zero-order valence-electron chi connectivity index (χ0n) is 8.67. The fourth-order valence-electron chi connectivity index (χ4n) is 1.59. The van der Waals surface area contributed by atoms with Crippen LogP contribution in [0, 0.1) is 5.92 Å².